The number of nitrogens with zero attached hydrogens (tertiary/aromatic N) is 2. The molecule has 2 N–H and O–H groups in total. The maximum absolute atomic E-state index is 13.3. The van der Waals surface area contributed by atoms with Crippen LogP contribution in [0.4, 0.5) is 4.39 Å². The Kier molecular flexibility index (Phi) is 4.25. The van der Waals surface area contributed by atoms with Crippen LogP contribution in [0.25, 0.3) is 5.69 Å². The highest BCUT2D eigenvalue weighted by Gasteiger charge is 2.22. The van der Waals surface area contributed by atoms with E-state index in [9.17, 15) is 9.18 Å². The van der Waals surface area contributed by atoms with E-state index in [0.29, 0.717) is 12.1 Å². The zero-order valence-electron chi connectivity index (χ0n) is 12.7. The molecule has 23 heavy (non-hydrogen) atoms. The third-order valence-corrected chi connectivity index (χ3v) is 3.90. The van der Waals surface area contributed by atoms with Gasteiger partial charge in [-0.05, 0) is 37.6 Å². The van der Waals surface area contributed by atoms with Crippen LogP contribution in [-0.4, -0.2) is 33.4 Å². The van der Waals surface area contributed by atoms with Crippen LogP contribution in [0.15, 0.2) is 42.5 Å². The summed E-state index contributed by atoms with van der Waals surface area (Å²) in [6, 6.07) is 7.63. The number of hydrogen-bond donors (Lipinski definition) is 2. The van der Waals surface area contributed by atoms with Crippen molar-refractivity contribution < 1.29 is 14.3 Å². The lowest BCUT2D eigenvalue weighted by atomic mass is 10.1. The van der Waals surface area contributed by atoms with Gasteiger partial charge in [0.15, 0.2) is 5.69 Å². The third kappa shape index (κ3) is 3.32. The van der Waals surface area contributed by atoms with Gasteiger partial charge in [-0.15, -0.1) is 0 Å². The van der Waals surface area contributed by atoms with Gasteiger partial charge in [0.1, 0.15) is 5.82 Å². The van der Waals surface area contributed by atoms with Crippen LogP contribution < -0.4 is 5.32 Å². The molecule has 1 amide bonds. The highest BCUT2D eigenvalue weighted by molar-refractivity contribution is 5.92. The number of nitrogens with one attached hydrogen (secondary N) is 1. The Labute approximate surface area is 133 Å². The molecule has 1 aromatic carbocycles. The normalized spacial score (nSPS) is 20.0. The minimum Gasteiger partial charge on any atom is -0.396 e. The number of amides is 1. The first kappa shape index (κ1) is 15.4. The second-order valence-electron chi connectivity index (χ2n) is 5.71. The van der Waals surface area contributed by atoms with Crippen molar-refractivity contribution in [3.05, 3.63) is 59.7 Å². The first-order valence-corrected chi connectivity index (χ1v) is 7.49. The first-order chi connectivity index (χ1) is 11.1. The molecule has 0 bridgehead atoms. The number of rotatable bonds is 4. The molecule has 120 valence electrons. The minimum absolute atomic E-state index is 0.0795. The van der Waals surface area contributed by atoms with Gasteiger partial charge in [0.05, 0.1) is 5.69 Å². The smallest absolute Gasteiger partial charge is 0.272 e. The Morgan fingerprint density at radius 1 is 1.43 bits per heavy atom. The number of aromatic nitrogens is 2. The van der Waals surface area contributed by atoms with Crippen molar-refractivity contribution in [2.45, 2.75) is 19.4 Å². The topological polar surface area (TPSA) is 67.2 Å². The number of halogens is 1. The second kappa shape index (κ2) is 6.34. The third-order valence-electron chi connectivity index (χ3n) is 3.90. The van der Waals surface area contributed by atoms with E-state index >= 15 is 0 Å². The number of carbonyl (C=O) groups excluding carboxylic acids is 1. The SMILES string of the molecule is Cc1cc(C(=O)N[C@@H]2C=C[C@H](CO)C2)nn1-c1cccc(F)c1. The number of aryl methyl sites for hydroxylation is 1. The van der Waals surface area contributed by atoms with Crippen LogP contribution in [0.3, 0.4) is 0 Å². The molecular weight excluding hydrogens is 297 g/mol. The molecule has 1 aliphatic carbocycles. The van der Waals surface area contributed by atoms with Crippen molar-refractivity contribution >= 4 is 5.91 Å². The Bertz CT molecular complexity index is 754. The molecule has 5 nitrogen and oxygen atoms in total. The van der Waals surface area contributed by atoms with Crippen molar-refractivity contribution in [1.29, 1.82) is 0 Å². The van der Waals surface area contributed by atoms with Crippen molar-refractivity contribution in [2.75, 3.05) is 6.61 Å². The van der Waals surface area contributed by atoms with E-state index in [1.165, 1.54) is 12.1 Å². The lowest BCUT2D eigenvalue weighted by molar-refractivity contribution is 0.0935. The predicted octanol–water partition coefficient (Wildman–Crippen LogP) is 1.99. The summed E-state index contributed by atoms with van der Waals surface area (Å²) in [5.41, 5.74) is 1.60. The van der Waals surface area contributed by atoms with Gasteiger partial charge >= 0.3 is 0 Å². The number of aliphatic hydroxyl groups excluding tert-OH is 1. The van der Waals surface area contributed by atoms with Gasteiger partial charge in [-0.2, -0.15) is 5.10 Å². The Hall–Kier alpha value is -2.47. The molecule has 0 spiro atoms. The molecule has 3 rings (SSSR count). The van der Waals surface area contributed by atoms with Crippen LogP contribution in [-0.2, 0) is 0 Å². The molecule has 1 aliphatic rings. The molecule has 1 aromatic heterocycles. The van der Waals surface area contributed by atoms with Crippen LogP contribution in [0.2, 0.25) is 0 Å². The Balaban J connectivity index is 1.75. The van der Waals surface area contributed by atoms with Crippen LogP contribution >= 0.6 is 0 Å². The second-order valence-corrected chi connectivity index (χ2v) is 5.71. The van der Waals surface area contributed by atoms with Gasteiger partial charge in [-0.3, -0.25) is 4.79 Å². The Morgan fingerprint density at radius 2 is 2.26 bits per heavy atom. The van der Waals surface area contributed by atoms with Gasteiger partial charge in [0.25, 0.3) is 5.91 Å². The number of benzene rings is 1. The summed E-state index contributed by atoms with van der Waals surface area (Å²) >= 11 is 0. The minimum atomic E-state index is -0.352. The van der Waals surface area contributed by atoms with E-state index < -0.39 is 0 Å². The summed E-state index contributed by atoms with van der Waals surface area (Å²) in [6.45, 7) is 1.89. The molecule has 2 aromatic rings. The summed E-state index contributed by atoms with van der Waals surface area (Å²) in [6.07, 6.45) is 4.47. The van der Waals surface area contributed by atoms with E-state index in [1.54, 1.807) is 22.9 Å². The number of carbonyl (C=O) groups is 1. The lowest BCUT2D eigenvalue weighted by Crippen LogP contribution is -2.33. The van der Waals surface area contributed by atoms with Gasteiger partial charge in [-0.25, -0.2) is 9.07 Å². The molecule has 0 unspecified atom stereocenters. The number of aliphatic hydroxyl groups is 1. The molecule has 6 heteroatoms. The summed E-state index contributed by atoms with van der Waals surface area (Å²) in [7, 11) is 0. The van der Waals surface area contributed by atoms with Gasteiger partial charge in [0, 0.05) is 24.3 Å². The van der Waals surface area contributed by atoms with E-state index in [0.717, 1.165) is 5.69 Å². The summed E-state index contributed by atoms with van der Waals surface area (Å²) < 4.78 is 14.9. The molecule has 0 fully saturated rings. The zero-order valence-corrected chi connectivity index (χ0v) is 12.7. The molecule has 0 aliphatic heterocycles. The van der Waals surface area contributed by atoms with Crippen molar-refractivity contribution in [3.63, 3.8) is 0 Å². The lowest BCUT2D eigenvalue weighted by Gasteiger charge is -2.11. The molecule has 1 heterocycles. The predicted molar refractivity (Wildman–Crippen MR) is 83.8 cm³/mol. The Morgan fingerprint density at radius 3 is 2.96 bits per heavy atom. The van der Waals surface area contributed by atoms with Crippen molar-refractivity contribution in [1.82, 2.24) is 15.1 Å². The fraction of sp³-hybridized carbons (Fsp3) is 0.294. The monoisotopic (exact) mass is 315 g/mol. The van der Waals surface area contributed by atoms with Gasteiger partial charge in [-0.1, -0.05) is 18.2 Å². The zero-order chi connectivity index (χ0) is 16.4. The van der Waals surface area contributed by atoms with Crippen molar-refractivity contribution in [2.24, 2.45) is 5.92 Å². The van der Waals surface area contributed by atoms with Gasteiger partial charge < -0.3 is 10.4 Å². The highest BCUT2D eigenvalue weighted by Crippen LogP contribution is 2.18. The quantitative estimate of drug-likeness (QED) is 0.848. The summed E-state index contributed by atoms with van der Waals surface area (Å²) in [5.74, 6) is -0.544. The van der Waals surface area contributed by atoms with Crippen LogP contribution in [0.1, 0.15) is 22.6 Å². The van der Waals surface area contributed by atoms with E-state index in [1.807, 2.05) is 19.1 Å². The molecule has 2 atom stereocenters. The average Bonchev–Trinajstić information content (AvgIpc) is 3.13. The van der Waals surface area contributed by atoms with E-state index in [-0.39, 0.29) is 36.0 Å². The molecule has 0 radical (unpaired) electrons. The summed E-state index contributed by atoms with van der Waals surface area (Å²) in [4.78, 5) is 12.3. The van der Waals surface area contributed by atoms with Gasteiger partial charge in [0.2, 0.25) is 0 Å². The number of hydrogen-bond acceptors (Lipinski definition) is 3. The largest absolute Gasteiger partial charge is 0.396 e. The van der Waals surface area contributed by atoms with Crippen molar-refractivity contribution in [3.8, 4) is 5.69 Å². The molecule has 0 saturated carbocycles. The highest BCUT2D eigenvalue weighted by atomic mass is 19.1. The van der Waals surface area contributed by atoms with Crippen LogP contribution in [0.5, 0.6) is 0 Å². The maximum Gasteiger partial charge on any atom is 0.272 e. The van der Waals surface area contributed by atoms with E-state index in [2.05, 4.69) is 10.4 Å². The first-order valence-electron chi connectivity index (χ1n) is 7.49. The van der Waals surface area contributed by atoms with Crippen LogP contribution in [0, 0.1) is 18.7 Å². The van der Waals surface area contributed by atoms with E-state index in [4.69, 9.17) is 5.11 Å². The summed E-state index contributed by atoms with van der Waals surface area (Å²) in [5, 5.41) is 16.3. The maximum atomic E-state index is 13.3. The fourth-order valence-corrected chi connectivity index (χ4v) is 2.71. The fourth-order valence-electron chi connectivity index (χ4n) is 2.71. The average molecular weight is 315 g/mol. The molecule has 0 saturated heterocycles. The standard InChI is InChI=1S/C17H18FN3O2/c1-11-7-16(17(23)19-14-6-5-12(8-14)10-22)20-21(11)15-4-2-3-13(18)9-15/h2-7,9,12,14,22H,8,10H2,1H3,(H,19,23)/t12-,14+/m0/s1. The molecular formula is C17H18FN3O2.